The summed E-state index contributed by atoms with van der Waals surface area (Å²) in [6.45, 7) is 0. The van der Waals surface area contributed by atoms with E-state index in [4.69, 9.17) is 0 Å². The molecule has 0 N–H and O–H groups in total. The van der Waals surface area contributed by atoms with Crippen LogP contribution in [0.25, 0.3) is 73.0 Å². The van der Waals surface area contributed by atoms with Crippen LogP contribution in [0.1, 0.15) is 0 Å². The van der Waals surface area contributed by atoms with Crippen LogP contribution >= 0.6 is 22.7 Å². The molecular weight excluding hydrogens is 765 g/mol. The number of hydrogen-bond donors (Lipinski definition) is 0. The summed E-state index contributed by atoms with van der Waals surface area (Å²) in [6, 6.07) is 80.1. The maximum atomic E-state index is 2.55. The molecule has 0 amide bonds. The molecule has 0 fully saturated rings. The van der Waals surface area contributed by atoms with Gasteiger partial charge in [0, 0.05) is 48.0 Å². The molecule has 2 heterocycles. The minimum Gasteiger partial charge on any atom is -0.308 e. The molecule has 60 heavy (non-hydrogen) atoms. The molecule has 12 rings (SSSR count). The molecule has 0 unspecified atom stereocenters. The van der Waals surface area contributed by atoms with Crippen LogP contribution in [0.15, 0.2) is 218 Å². The monoisotopic (exact) mass is 800 g/mol. The van der Waals surface area contributed by atoms with Crippen molar-refractivity contribution in [1.29, 1.82) is 0 Å². The average molecular weight is 801 g/mol. The van der Waals surface area contributed by atoms with Gasteiger partial charge in [-0.05, 0) is 99.4 Å². The Kier molecular flexibility index (Phi) is 8.25. The van der Waals surface area contributed by atoms with Crippen LogP contribution in [0.3, 0.4) is 0 Å². The molecule has 0 bridgehead atoms. The van der Waals surface area contributed by atoms with E-state index < -0.39 is 0 Å². The van der Waals surface area contributed by atoms with E-state index in [-0.39, 0.29) is 0 Å². The first-order chi connectivity index (χ1) is 29.7. The van der Waals surface area contributed by atoms with Gasteiger partial charge in [0.25, 0.3) is 0 Å². The van der Waals surface area contributed by atoms with Gasteiger partial charge in [-0.2, -0.15) is 0 Å². The quantitative estimate of drug-likeness (QED) is 0.158. The number of fused-ring (bicyclic) bond motifs is 8. The molecule has 0 atom stereocenters. The number of para-hydroxylation sites is 1. The van der Waals surface area contributed by atoms with Crippen LogP contribution in [-0.4, -0.2) is 0 Å². The zero-order valence-electron chi connectivity index (χ0n) is 32.5. The van der Waals surface area contributed by atoms with Gasteiger partial charge in [0.05, 0.1) is 26.5 Å². The number of anilines is 6. The maximum Gasteiger partial charge on any atom is 0.0883 e. The van der Waals surface area contributed by atoms with Gasteiger partial charge < -0.3 is 9.80 Å². The lowest BCUT2D eigenvalue weighted by atomic mass is 10.0. The average Bonchev–Trinajstić information content (AvgIpc) is 3.88. The lowest BCUT2D eigenvalue weighted by molar-refractivity contribution is 1.25. The highest BCUT2D eigenvalue weighted by Crippen LogP contribution is 2.55. The number of benzene rings is 10. The van der Waals surface area contributed by atoms with Crippen molar-refractivity contribution in [2.75, 3.05) is 9.80 Å². The minimum atomic E-state index is 1.10. The lowest BCUT2D eigenvalue weighted by Crippen LogP contribution is -2.17. The van der Waals surface area contributed by atoms with Crippen molar-refractivity contribution < 1.29 is 0 Å². The fourth-order valence-corrected chi connectivity index (χ4v) is 11.4. The zero-order chi connectivity index (χ0) is 39.6. The third-order valence-corrected chi connectivity index (χ3v) is 14.2. The molecule has 4 heteroatoms. The van der Waals surface area contributed by atoms with Crippen LogP contribution in [0.4, 0.5) is 34.1 Å². The fraction of sp³-hybridized carbons (Fsp3) is 0. The summed E-state index contributed by atoms with van der Waals surface area (Å²) >= 11 is 3.77. The van der Waals surface area contributed by atoms with E-state index >= 15 is 0 Å². The molecule has 0 spiro atoms. The standard InChI is InChI=1S/C56H36N2S2/c1-3-14-37(15-4-1)39-26-29-44(30-27-39)58(51-24-13-23-47-46-22-11-12-25-52(46)59-55(47)51)54-50(33-32-48-49-35-41-18-9-10-19-42(41)36-53(49)60-56(48)54)57(43-20-5-2-6-21-43)45-31-28-38-16-7-8-17-40(38)34-45/h1-36H. The van der Waals surface area contributed by atoms with E-state index in [0.29, 0.717) is 0 Å². The molecular formula is C56H36N2S2. The molecule has 2 aromatic heterocycles. The summed E-state index contributed by atoms with van der Waals surface area (Å²) in [5, 5.41) is 10.0. The molecule has 0 aliphatic heterocycles. The Bertz CT molecular complexity index is 3550. The Labute approximate surface area is 356 Å². The van der Waals surface area contributed by atoms with Crippen LogP contribution in [-0.2, 0) is 0 Å². The highest BCUT2D eigenvalue weighted by molar-refractivity contribution is 7.27. The van der Waals surface area contributed by atoms with Gasteiger partial charge in [0.15, 0.2) is 0 Å². The molecule has 0 saturated carbocycles. The fourth-order valence-electron chi connectivity index (χ4n) is 8.95. The SMILES string of the molecule is c1ccc(-c2ccc(N(c3cccc4c3sc3ccccc34)c3c(N(c4ccccc4)c4ccc5ccccc5c4)ccc4c3sc3cc5ccccc5cc34)cc2)cc1. The van der Waals surface area contributed by atoms with Gasteiger partial charge in [0.2, 0.25) is 0 Å². The number of nitrogens with zero attached hydrogens (tertiary/aromatic N) is 2. The Hall–Kier alpha value is -7.24. The second-order valence-electron chi connectivity index (χ2n) is 15.3. The molecule has 12 aromatic rings. The lowest BCUT2D eigenvalue weighted by Gasteiger charge is -2.34. The first kappa shape index (κ1) is 34.8. The summed E-state index contributed by atoms with van der Waals surface area (Å²) in [5.41, 5.74) is 9.09. The van der Waals surface area contributed by atoms with Crippen molar-refractivity contribution in [3.05, 3.63) is 218 Å². The summed E-state index contributed by atoms with van der Waals surface area (Å²) in [7, 11) is 0. The van der Waals surface area contributed by atoms with Gasteiger partial charge in [-0.3, -0.25) is 0 Å². The second-order valence-corrected chi connectivity index (χ2v) is 17.4. The van der Waals surface area contributed by atoms with E-state index in [2.05, 4.69) is 228 Å². The Morgan fingerprint density at radius 2 is 0.867 bits per heavy atom. The van der Waals surface area contributed by atoms with Crippen molar-refractivity contribution in [1.82, 2.24) is 0 Å². The summed E-state index contributed by atoms with van der Waals surface area (Å²) in [5.74, 6) is 0. The van der Waals surface area contributed by atoms with Crippen molar-refractivity contribution in [2.45, 2.75) is 0 Å². The Balaban J connectivity index is 1.21. The first-order valence-electron chi connectivity index (χ1n) is 20.3. The van der Waals surface area contributed by atoms with Crippen molar-refractivity contribution in [2.24, 2.45) is 0 Å². The highest BCUT2D eigenvalue weighted by Gasteiger charge is 2.28. The first-order valence-corrected chi connectivity index (χ1v) is 22.0. The summed E-state index contributed by atoms with van der Waals surface area (Å²) < 4.78 is 5.06. The topological polar surface area (TPSA) is 6.48 Å². The molecule has 0 aliphatic rings. The molecule has 10 aromatic carbocycles. The van der Waals surface area contributed by atoms with E-state index in [1.807, 2.05) is 22.7 Å². The predicted molar refractivity (Wildman–Crippen MR) is 262 cm³/mol. The van der Waals surface area contributed by atoms with E-state index in [1.54, 1.807) is 0 Å². The smallest absolute Gasteiger partial charge is 0.0883 e. The van der Waals surface area contributed by atoms with E-state index in [1.165, 1.54) is 73.0 Å². The van der Waals surface area contributed by atoms with Crippen LogP contribution in [0.5, 0.6) is 0 Å². The summed E-state index contributed by atoms with van der Waals surface area (Å²) in [6.07, 6.45) is 0. The Morgan fingerprint density at radius 3 is 1.67 bits per heavy atom. The minimum absolute atomic E-state index is 1.10. The second kappa shape index (κ2) is 14.2. The van der Waals surface area contributed by atoms with Gasteiger partial charge >= 0.3 is 0 Å². The summed E-state index contributed by atoms with van der Waals surface area (Å²) in [4.78, 5) is 5.01. The van der Waals surface area contributed by atoms with E-state index in [9.17, 15) is 0 Å². The molecule has 0 aliphatic carbocycles. The van der Waals surface area contributed by atoms with Crippen molar-refractivity contribution in [3.8, 4) is 11.1 Å². The molecule has 282 valence electrons. The molecule has 0 radical (unpaired) electrons. The van der Waals surface area contributed by atoms with Gasteiger partial charge in [-0.1, -0.05) is 152 Å². The third kappa shape index (κ3) is 5.76. The zero-order valence-corrected chi connectivity index (χ0v) is 34.1. The van der Waals surface area contributed by atoms with E-state index in [0.717, 1.165) is 34.1 Å². The van der Waals surface area contributed by atoms with Gasteiger partial charge in [-0.15, -0.1) is 22.7 Å². The number of hydrogen-bond acceptors (Lipinski definition) is 4. The molecule has 2 nitrogen and oxygen atoms in total. The van der Waals surface area contributed by atoms with Gasteiger partial charge in [0.1, 0.15) is 0 Å². The predicted octanol–water partition coefficient (Wildman–Crippen LogP) is 17.3. The maximum absolute atomic E-state index is 2.55. The highest BCUT2D eigenvalue weighted by atomic mass is 32.1. The normalized spacial score (nSPS) is 11.7. The third-order valence-electron chi connectivity index (χ3n) is 11.8. The Morgan fingerprint density at radius 1 is 0.283 bits per heavy atom. The van der Waals surface area contributed by atoms with Gasteiger partial charge in [-0.25, -0.2) is 0 Å². The van der Waals surface area contributed by atoms with Crippen molar-refractivity contribution >= 4 is 119 Å². The van der Waals surface area contributed by atoms with Crippen molar-refractivity contribution in [3.63, 3.8) is 0 Å². The van der Waals surface area contributed by atoms with Crippen LogP contribution < -0.4 is 9.80 Å². The largest absolute Gasteiger partial charge is 0.308 e. The van der Waals surface area contributed by atoms with Crippen LogP contribution in [0, 0.1) is 0 Å². The number of rotatable bonds is 7. The number of thiophene rings is 2. The van der Waals surface area contributed by atoms with Crippen LogP contribution in [0.2, 0.25) is 0 Å². The molecule has 0 saturated heterocycles.